The Morgan fingerprint density at radius 1 is 1.12 bits per heavy atom. The highest BCUT2D eigenvalue weighted by molar-refractivity contribution is 7.22. The molecule has 1 heterocycles. The van der Waals surface area contributed by atoms with Gasteiger partial charge in [0.15, 0.2) is 5.13 Å². The Morgan fingerprint density at radius 2 is 1.79 bits per heavy atom. The van der Waals surface area contributed by atoms with Gasteiger partial charge in [0.25, 0.3) is 0 Å². The lowest BCUT2D eigenvalue weighted by atomic mass is 10.3. The van der Waals surface area contributed by atoms with Crippen molar-refractivity contribution in [3.05, 3.63) is 23.2 Å². The summed E-state index contributed by atoms with van der Waals surface area (Å²) in [5.74, 6) is -1.37. The number of aromatic nitrogens is 1. The molecule has 0 aliphatic rings. The smallest absolute Gasteiger partial charge is 0.245 e. The third-order valence-electron chi connectivity index (χ3n) is 2.69. The lowest BCUT2D eigenvalue weighted by molar-refractivity contribution is -0.126. The van der Waals surface area contributed by atoms with Crippen molar-refractivity contribution in [3.63, 3.8) is 0 Å². The highest BCUT2D eigenvalue weighted by Crippen LogP contribution is 2.30. The molecule has 0 atom stereocenters. The van der Waals surface area contributed by atoms with Gasteiger partial charge in [0.05, 0.1) is 29.4 Å². The number of para-hydroxylation sites is 1. The van der Waals surface area contributed by atoms with Crippen molar-refractivity contribution < 1.29 is 14.4 Å². The first-order chi connectivity index (χ1) is 11.0. The third kappa shape index (κ3) is 5.60. The van der Waals surface area contributed by atoms with E-state index in [9.17, 15) is 14.4 Å². The number of anilines is 1. The normalized spacial score (nSPS) is 9.92. The number of carbonyl (C=O) groups is 3. The maximum Gasteiger partial charge on any atom is 0.245 e. The molecular weight excluding hydrogens is 377 g/mol. The number of nitrogens with two attached hydrogens (primary N) is 1. The molecule has 0 aliphatic carbocycles. The molecule has 0 fully saturated rings. The minimum absolute atomic E-state index is 0. The minimum Gasteiger partial charge on any atom is -0.346 e. The summed E-state index contributed by atoms with van der Waals surface area (Å²) in [5, 5.41) is 8.14. The van der Waals surface area contributed by atoms with Crippen LogP contribution in [0, 0.1) is 0 Å². The predicted octanol–water partition coefficient (Wildman–Crippen LogP) is 0.501. The van der Waals surface area contributed by atoms with Crippen LogP contribution >= 0.6 is 35.3 Å². The highest BCUT2D eigenvalue weighted by Gasteiger charge is 2.11. The molecule has 8 nitrogen and oxygen atoms in total. The van der Waals surface area contributed by atoms with Crippen molar-refractivity contribution in [3.8, 4) is 0 Å². The number of benzene rings is 1. The summed E-state index contributed by atoms with van der Waals surface area (Å²) in [6, 6.07) is 5.35. The fourth-order valence-electron chi connectivity index (χ4n) is 1.62. The monoisotopic (exact) mass is 391 g/mol. The number of hydrogen-bond donors (Lipinski definition) is 4. The molecule has 0 radical (unpaired) electrons. The maximum absolute atomic E-state index is 11.8. The molecule has 0 saturated heterocycles. The molecule has 5 N–H and O–H groups in total. The standard InChI is InChI=1S/C13H14ClN5O3S.ClH/c14-7-2-1-3-8-12(7)19-13(23-8)18-11(22)6-17-10(21)5-16-9(20)4-15;/h1-3H,4-6,15H2,(H,16,20)(H,17,21)(H,18,19,22);1H. The number of rotatable bonds is 6. The second-order valence-corrected chi connectivity index (χ2v) is 5.85. The van der Waals surface area contributed by atoms with Gasteiger partial charge in [-0.2, -0.15) is 0 Å². The Morgan fingerprint density at radius 3 is 2.46 bits per heavy atom. The Balaban J connectivity index is 0.00000288. The van der Waals surface area contributed by atoms with Gasteiger partial charge in [0, 0.05) is 0 Å². The molecule has 1 aromatic heterocycles. The SMILES string of the molecule is Cl.NCC(=O)NCC(=O)NCC(=O)Nc1nc2c(Cl)cccc2s1. The van der Waals surface area contributed by atoms with Crippen molar-refractivity contribution >= 4 is 68.4 Å². The first-order valence-electron chi connectivity index (χ1n) is 6.58. The average molecular weight is 392 g/mol. The summed E-state index contributed by atoms with van der Waals surface area (Å²) < 4.78 is 0.848. The number of nitrogens with one attached hydrogen (secondary N) is 3. The Hall–Kier alpha value is -1.94. The highest BCUT2D eigenvalue weighted by atomic mass is 35.5. The van der Waals surface area contributed by atoms with Crippen LogP contribution in [0.1, 0.15) is 0 Å². The lowest BCUT2D eigenvalue weighted by Gasteiger charge is -2.05. The van der Waals surface area contributed by atoms with Gasteiger partial charge in [0.1, 0.15) is 5.52 Å². The Bertz CT molecular complexity index is 752. The van der Waals surface area contributed by atoms with Crippen molar-refractivity contribution in [2.75, 3.05) is 25.0 Å². The van der Waals surface area contributed by atoms with E-state index in [4.69, 9.17) is 17.3 Å². The number of hydrogen-bond acceptors (Lipinski definition) is 6. The van der Waals surface area contributed by atoms with Crippen LogP contribution in [0.4, 0.5) is 5.13 Å². The predicted molar refractivity (Wildman–Crippen MR) is 95.6 cm³/mol. The molecule has 3 amide bonds. The topological polar surface area (TPSA) is 126 Å². The van der Waals surface area contributed by atoms with Gasteiger partial charge in [-0.3, -0.25) is 14.4 Å². The number of fused-ring (bicyclic) bond motifs is 1. The lowest BCUT2D eigenvalue weighted by Crippen LogP contribution is -2.41. The molecule has 0 bridgehead atoms. The van der Waals surface area contributed by atoms with Crippen LogP contribution < -0.4 is 21.7 Å². The summed E-state index contributed by atoms with van der Waals surface area (Å²) in [5.41, 5.74) is 5.70. The summed E-state index contributed by atoms with van der Waals surface area (Å²) >= 11 is 7.29. The zero-order valence-electron chi connectivity index (χ0n) is 12.3. The fourth-order valence-corrected chi connectivity index (χ4v) is 2.81. The van der Waals surface area contributed by atoms with Gasteiger partial charge in [-0.25, -0.2) is 4.98 Å². The number of carbonyl (C=O) groups excluding carboxylic acids is 3. The van der Waals surface area contributed by atoms with E-state index in [1.165, 1.54) is 11.3 Å². The minimum atomic E-state index is -0.491. The number of halogens is 2. The van der Waals surface area contributed by atoms with E-state index in [-0.39, 0.29) is 32.0 Å². The summed E-state index contributed by atoms with van der Waals surface area (Å²) in [4.78, 5) is 38.3. The van der Waals surface area contributed by atoms with Crippen LogP contribution in [-0.4, -0.2) is 42.3 Å². The number of amides is 3. The van der Waals surface area contributed by atoms with E-state index in [0.717, 1.165) is 4.70 Å². The molecule has 0 aliphatic heterocycles. The largest absolute Gasteiger partial charge is 0.346 e. The quantitative estimate of drug-likeness (QED) is 0.570. The summed E-state index contributed by atoms with van der Waals surface area (Å²) in [6.07, 6.45) is 0. The first kappa shape index (κ1) is 20.1. The molecule has 130 valence electrons. The van der Waals surface area contributed by atoms with E-state index in [0.29, 0.717) is 15.7 Å². The molecule has 2 aromatic rings. The average Bonchev–Trinajstić information content (AvgIpc) is 2.94. The Kier molecular flexibility index (Phi) is 7.86. The number of thiazole rings is 1. The molecule has 24 heavy (non-hydrogen) atoms. The van der Waals surface area contributed by atoms with E-state index in [2.05, 4.69) is 20.9 Å². The van der Waals surface area contributed by atoms with Crippen LogP contribution in [0.3, 0.4) is 0 Å². The van der Waals surface area contributed by atoms with E-state index >= 15 is 0 Å². The van der Waals surface area contributed by atoms with E-state index in [1.807, 2.05) is 6.07 Å². The number of nitrogens with zero attached hydrogens (tertiary/aromatic N) is 1. The van der Waals surface area contributed by atoms with Gasteiger partial charge in [0.2, 0.25) is 17.7 Å². The van der Waals surface area contributed by atoms with Crippen LogP contribution in [0.25, 0.3) is 10.2 Å². The van der Waals surface area contributed by atoms with Crippen molar-refractivity contribution in [1.82, 2.24) is 15.6 Å². The summed E-state index contributed by atoms with van der Waals surface area (Å²) in [6.45, 7) is -0.672. The fraction of sp³-hybridized carbons (Fsp3) is 0.231. The summed E-state index contributed by atoms with van der Waals surface area (Å²) in [7, 11) is 0. The van der Waals surface area contributed by atoms with Gasteiger partial charge in [-0.15, -0.1) is 12.4 Å². The van der Waals surface area contributed by atoms with Crippen LogP contribution in [-0.2, 0) is 14.4 Å². The van der Waals surface area contributed by atoms with Gasteiger partial charge >= 0.3 is 0 Å². The molecular formula is C13H15Cl2N5O3S. The zero-order valence-corrected chi connectivity index (χ0v) is 14.7. The van der Waals surface area contributed by atoms with Gasteiger partial charge in [-0.05, 0) is 12.1 Å². The van der Waals surface area contributed by atoms with Gasteiger partial charge < -0.3 is 21.7 Å². The van der Waals surface area contributed by atoms with Crippen molar-refractivity contribution in [2.24, 2.45) is 5.73 Å². The van der Waals surface area contributed by atoms with Crippen LogP contribution in [0.2, 0.25) is 5.02 Å². The van der Waals surface area contributed by atoms with E-state index in [1.54, 1.807) is 12.1 Å². The zero-order chi connectivity index (χ0) is 16.8. The molecule has 11 heteroatoms. The second-order valence-electron chi connectivity index (χ2n) is 4.41. The third-order valence-corrected chi connectivity index (χ3v) is 3.93. The Labute approximate surface area is 152 Å². The molecule has 0 saturated carbocycles. The maximum atomic E-state index is 11.8. The van der Waals surface area contributed by atoms with Gasteiger partial charge in [-0.1, -0.05) is 29.0 Å². The van der Waals surface area contributed by atoms with Crippen molar-refractivity contribution in [2.45, 2.75) is 0 Å². The first-order valence-corrected chi connectivity index (χ1v) is 7.77. The molecule has 0 unspecified atom stereocenters. The second kappa shape index (κ2) is 9.38. The van der Waals surface area contributed by atoms with E-state index < -0.39 is 17.7 Å². The van der Waals surface area contributed by atoms with Crippen LogP contribution in [0.15, 0.2) is 18.2 Å². The van der Waals surface area contributed by atoms with Crippen LogP contribution in [0.5, 0.6) is 0 Å². The molecule has 2 rings (SSSR count). The molecule has 0 spiro atoms. The molecule has 1 aromatic carbocycles. The van der Waals surface area contributed by atoms with Crippen molar-refractivity contribution in [1.29, 1.82) is 0 Å².